The van der Waals surface area contributed by atoms with Crippen molar-refractivity contribution in [1.29, 1.82) is 0 Å². The van der Waals surface area contributed by atoms with Crippen LogP contribution in [0.2, 0.25) is 0 Å². The number of carbonyl (C=O) groups excluding carboxylic acids is 1. The van der Waals surface area contributed by atoms with Crippen LogP contribution in [0.3, 0.4) is 0 Å². The molecule has 1 N–H and O–H groups in total. The Hall–Kier alpha value is -3.28. The number of rotatable bonds is 3. The van der Waals surface area contributed by atoms with Crippen molar-refractivity contribution < 1.29 is 23.8 Å². The van der Waals surface area contributed by atoms with Gasteiger partial charge in [-0.2, -0.15) is 0 Å². The summed E-state index contributed by atoms with van der Waals surface area (Å²) in [4.78, 5) is 24.0. The van der Waals surface area contributed by atoms with E-state index in [1.165, 1.54) is 31.4 Å². The summed E-state index contributed by atoms with van der Waals surface area (Å²) >= 11 is 0. The van der Waals surface area contributed by atoms with Gasteiger partial charge in [-0.3, -0.25) is 0 Å². The smallest absolute Gasteiger partial charge is 0.383 e. The van der Waals surface area contributed by atoms with Crippen LogP contribution >= 0.6 is 0 Å². The summed E-state index contributed by atoms with van der Waals surface area (Å²) in [6.45, 7) is 0. The van der Waals surface area contributed by atoms with E-state index in [-0.39, 0.29) is 16.5 Å². The number of benzene rings is 2. The molecule has 1 aromatic heterocycles. The molecule has 6 heteroatoms. The third-order valence-electron chi connectivity index (χ3n) is 3.25. The fourth-order valence-electron chi connectivity index (χ4n) is 2.09. The first-order valence-corrected chi connectivity index (χ1v) is 6.71. The van der Waals surface area contributed by atoms with Crippen LogP contribution in [-0.2, 0) is 0 Å². The standard InChI is InChI=1S/C17H12O6/c1-21-11-7-8-12-13(9-11)22-17(20)15(14(12)18)23-16(19)10-5-3-2-4-6-10/h2-9,18H,1H3. The molecule has 0 unspecified atom stereocenters. The fraction of sp³-hybridized carbons (Fsp3) is 0.0588. The van der Waals surface area contributed by atoms with Crippen molar-refractivity contribution in [2.75, 3.05) is 7.11 Å². The molecule has 0 saturated heterocycles. The van der Waals surface area contributed by atoms with Crippen LogP contribution in [0.5, 0.6) is 17.2 Å². The number of hydrogen-bond acceptors (Lipinski definition) is 6. The lowest BCUT2D eigenvalue weighted by atomic mass is 10.2. The zero-order valence-corrected chi connectivity index (χ0v) is 12.1. The van der Waals surface area contributed by atoms with Gasteiger partial charge in [0.05, 0.1) is 18.1 Å². The first-order chi connectivity index (χ1) is 11.1. The Balaban J connectivity index is 2.05. The van der Waals surface area contributed by atoms with Crippen LogP contribution in [0.25, 0.3) is 11.0 Å². The van der Waals surface area contributed by atoms with E-state index in [1.54, 1.807) is 24.3 Å². The molecule has 0 spiro atoms. The zero-order chi connectivity index (χ0) is 16.4. The maximum atomic E-state index is 12.0. The highest BCUT2D eigenvalue weighted by atomic mass is 16.6. The van der Waals surface area contributed by atoms with Crippen molar-refractivity contribution in [3.8, 4) is 17.2 Å². The predicted octanol–water partition coefficient (Wildman–Crippen LogP) is 2.73. The van der Waals surface area contributed by atoms with E-state index in [4.69, 9.17) is 13.9 Å². The molecule has 0 aliphatic carbocycles. The fourth-order valence-corrected chi connectivity index (χ4v) is 2.09. The van der Waals surface area contributed by atoms with Crippen LogP contribution in [0.1, 0.15) is 10.4 Å². The Labute approximate surface area is 130 Å². The molecule has 3 aromatic rings. The second-order valence-electron chi connectivity index (χ2n) is 4.68. The van der Waals surface area contributed by atoms with Gasteiger partial charge in [-0.05, 0) is 24.3 Å². The minimum absolute atomic E-state index is 0.131. The zero-order valence-electron chi connectivity index (χ0n) is 12.1. The predicted molar refractivity (Wildman–Crippen MR) is 82.1 cm³/mol. The Morgan fingerprint density at radius 1 is 1.13 bits per heavy atom. The number of aromatic hydroxyl groups is 1. The summed E-state index contributed by atoms with van der Waals surface area (Å²) in [5.74, 6) is -1.30. The van der Waals surface area contributed by atoms with Gasteiger partial charge in [-0.15, -0.1) is 0 Å². The molecule has 0 fully saturated rings. The topological polar surface area (TPSA) is 86.0 Å². The molecule has 6 nitrogen and oxygen atoms in total. The third kappa shape index (κ3) is 2.74. The molecule has 3 rings (SSSR count). The summed E-state index contributed by atoms with van der Waals surface area (Å²) in [7, 11) is 1.47. The van der Waals surface area contributed by atoms with Crippen LogP contribution in [-0.4, -0.2) is 18.2 Å². The van der Waals surface area contributed by atoms with Crippen molar-refractivity contribution in [2.45, 2.75) is 0 Å². The first kappa shape index (κ1) is 14.6. The van der Waals surface area contributed by atoms with E-state index in [0.29, 0.717) is 5.75 Å². The van der Waals surface area contributed by atoms with Gasteiger partial charge in [-0.25, -0.2) is 9.59 Å². The maximum Gasteiger partial charge on any atom is 0.383 e. The Kier molecular flexibility index (Phi) is 3.72. The van der Waals surface area contributed by atoms with Gasteiger partial charge in [0.1, 0.15) is 11.3 Å². The monoisotopic (exact) mass is 312 g/mol. The van der Waals surface area contributed by atoms with Gasteiger partial charge in [0.15, 0.2) is 5.75 Å². The highest BCUT2D eigenvalue weighted by Gasteiger charge is 2.19. The second-order valence-corrected chi connectivity index (χ2v) is 4.68. The molecular weight excluding hydrogens is 300 g/mol. The van der Waals surface area contributed by atoms with Gasteiger partial charge >= 0.3 is 11.6 Å². The highest BCUT2D eigenvalue weighted by Crippen LogP contribution is 2.33. The van der Waals surface area contributed by atoms with Gasteiger partial charge in [0.2, 0.25) is 0 Å². The van der Waals surface area contributed by atoms with Gasteiger partial charge in [0, 0.05) is 6.07 Å². The number of ether oxygens (including phenoxy) is 2. The molecule has 2 aromatic carbocycles. The van der Waals surface area contributed by atoms with Crippen LogP contribution in [0, 0.1) is 0 Å². The van der Waals surface area contributed by atoms with Crippen LogP contribution in [0.4, 0.5) is 0 Å². The van der Waals surface area contributed by atoms with Crippen LogP contribution in [0.15, 0.2) is 57.7 Å². The average Bonchev–Trinajstić information content (AvgIpc) is 2.58. The Bertz CT molecular complexity index is 927. The molecular formula is C17H12O6. The molecule has 23 heavy (non-hydrogen) atoms. The van der Waals surface area contributed by atoms with E-state index >= 15 is 0 Å². The van der Waals surface area contributed by atoms with Gasteiger partial charge in [-0.1, -0.05) is 18.2 Å². The Morgan fingerprint density at radius 2 is 1.87 bits per heavy atom. The highest BCUT2D eigenvalue weighted by molar-refractivity contribution is 5.93. The number of fused-ring (bicyclic) bond motifs is 1. The molecule has 1 heterocycles. The van der Waals surface area contributed by atoms with Crippen molar-refractivity contribution >= 4 is 16.9 Å². The number of carbonyl (C=O) groups is 1. The minimum Gasteiger partial charge on any atom is -0.504 e. The van der Waals surface area contributed by atoms with Crippen molar-refractivity contribution in [3.63, 3.8) is 0 Å². The summed E-state index contributed by atoms with van der Waals surface area (Å²) in [6, 6.07) is 12.7. The van der Waals surface area contributed by atoms with E-state index in [9.17, 15) is 14.7 Å². The summed E-state index contributed by atoms with van der Waals surface area (Å²) in [5, 5.41) is 10.4. The largest absolute Gasteiger partial charge is 0.504 e. The van der Waals surface area contributed by atoms with E-state index in [1.807, 2.05) is 0 Å². The number of methoxy groups -OCH3 is 1. The van der Waals surface area contributed by atoms with Crippen molar-refractivity contribution in [2.24, 2.45) is 0 Å². The summed E-state index contributed by atoms with van der Waals surface area (Å²) in [6.07, 6.45) is 0. The molecule has 0 aliphatic heterocycles. The van der Waals surface area contributed by atoms with E-state index in [2.05, 4.69) is 0 Å². The maximum absolute atomic E-state index is 12.0. The second kappa shape index (κ2) is 5.84. The molecule has 0 amide bonds. The molecule has 0 bridgehead atoms. The quantitative estimate of drug-likeness (QED) is 0.591. The normalized spacial score (nSPS) is 10.5. The molecule has 116 valence electrons. The summed E-state index contributed by atoms with van der Waals surface area (Å²) < 4.78 is 15.1. The minimum atomic E-state index is -0.951. The lowest BCUT2D eigenvalue weighted by Gasteiger charge is -2.08. The summed E-state index contributed by atoms with van der Waals surface area (Å²) in [5.41, 5.74) is -0.569. The van der Waals surface area contributed by atoms with E-state index in [0.717, 1.165) is 0 Å². The molecule has 0 saturated carbocycles. The van der Waals surface area contributed by atoms with Crippen molar-refractivity contribution in [1.82, 2.24) is 0 Å². The molecule has 0 atom stereocenters. The SMILES string of the molecule is COc1ccc2c(O)c(OC(=O)c3ccccc3)c(=O)oc2c1. The van der Waals surface area contributed by atoms with Gasteiger partial charge < -0.3 is 19.0 Å². The molecule has 0 radical (unpaired) electrons. The average molecular weight is 312 g/mol. The first-order valence-electron chi connectivity index (χ1n) is 6.71. The van der Waals surface area contributed by atoms with Crippen LogP contribution < -0.4 is 15.1 Å². The lowest BCUT2D eigenvalue weighted by Crippen LogP contribution is -2.14. The van der Waals surface area contributed by atoms with Gasteiger partial charge in [0.25, 0.3) is 5.75 Å². The number of esters is 1. The van der Waals surface area contributed by atoms with E-state index < -0.39 is 23.1 Å². The molecule has 0 aliphatic rings. The third-order valence-corrected chi connectivity index (χ3v) is 3.25. The number of hydrogen-bond donors (Lipinski definition) is 1. The Morgan fingerprint density at radius 3 is 2.57 bits per heavy atom. The van der Waals surface area contributed by atoms with Crippen molar-refractivity contribution in [3.05, 3.63) is 64.5 Å². The lowest BCUT2D eigenvalue weighted by molar-refractivity contribution is 0.0723.